The van der Waals surface area contributed by atoms with Crippen LogP contribution in [-0.4, -0.2) is 65.2 Å². The number of hydrogen-bond acceptors (Lipinski definition) is 7. The van der Waals surface area contributed by atoms with Gasteiger partial charge < -0.3 is 14.3 Å². The molecule has 0 N–H and O–H groups in total. The van der Waals surface area contributed by atoms with Gasteiger partial charge in [-0.2, -0.15) is 0 Å². The summed E-state index contributed by atoms with van der Waals surface area (Å²) in [5.74, 6) is -2.36. The first-order valence-electron chi connectivity index (χ1n) is 9.80. The molecule has 0 aromatic heterocycles. The third-order valence-electron chi connectivity index (χ3n) is 5.05. The van der Waals surface area contributed by atoms with E-state index in [2.05, 4.69) is 0 Å². The molecule has 2 heterocycles. The van der Waals surface area contributed by atoms with Crippen molar-refractivity contribution >= 4 is 23.9 Å². The van der Waals surface area contributed by atoms with Gasteiger partial charge in [0.2, 0.25) is 0 Å². The summed E-state index contributed by atoms with van der Waals surface area (Å²) in [5.41, 5.74) is -1.96. The lowest BCUT2D eigenvalue weighted by atomic mass is 9.87. The molecule has 0 bridgehead atoms. The van der Waals surface area contributed by atoms with E-state index in [0.717, 1.165) is 0 Å². The molecule has 1 aromatic carbocycles. The zero-order valence-electron chi connectivity index (χ0n) is 17.6. The van der Waals surface area contributed by atoms with Crippen LogP contribution >= 0.6 is 0 Å². The van der Waals surface area contributed by atoms with E-state index >= 15 is 0 Å². The number of hydroxylamine groups is 2. The molecule has 2 aliphatic rings. The highest BCUT2D eigenvalue weighted by Gasteiger charge is 2.53. The fourth-order valence-corrected chi connectivity index (χ4v) is 3.70. The van der Waals surface area contributed by atoms with E-state index in [-0.39, 0.29) is 30.7 Å². The summed E-state index contributed by atoms with van der Waals surface area (Å²) >= 11 is 0. The Balaban J connectivity index is 1.89. The molecule has 9 heteroatoms. The van der Waals surface area contributed by atoms with Crippen LogP contribution in [0.15, 0.2) is 24.3 Å². The molecule has 1 saturated heterocycles. The molecule has 0 radical (unpaired) electrons. The average Bonchev–Trinajstić information content (AvgIpc) is 2.92. The van der Waals surface area contributed by atoms with Crippen molar-refractivity contribution in [2.75, 3.05) is 20.3 Å². The standard InChI is InChI=1S/C21H26N2O7/c1-20(2,3)29-19(27)22-12-8-7-11-21(22,13-28-4)18(26)30-23-16(24)14-9-5-6-10-15(14)17(23)25/h5-6,9-10H,7-8,11-13H2,1-4H3. The Labute approximate surface area is 174 Å². The van der Waals surface area contributed by atoms with Crippen molar-refractivity contribution in [1.82, 2.24) is 9.96 Å². The van der Waals surface area contributed by atoms with E-state index in [1.807, 2.05) is 0 Å². The summed E-state index contributed by atoms with van der Waals surface area (Å²) < 4.78 is 10.7. The van der Waals surface area contributed by atoms with Gasteiger partial charge in [-0.15, -0.1) is 0 Å². The van der Waals surface area contributed by atoms with Crippen molar-refractivity contribution in [3.8, 4) is 0 Å². The average molecular weight is 418 g/mol. The smallest absolute Gasteiger partial charge is 0.411 e. The number of nitrogens with zero attached hydrogens (tertiary/aromatic N) is 2. The summed E-state index contributed by atoms with van der Waals surface area (Å²) in [6.07, 6.45) is 0.881. The van der Waals surface area contributed by atoms with E-state index in [1.54, 1.807) is 32.9 Å². The highest BCUT2D eigenvalue weighted by atomic mass is 16.7. The second-order valence-electron chi connectivity index (χ2n) is 8.38. The van der Waals surface area contributed by atoms with Gasteiger partial charge in [0.25, 0.3) is 11.8 Å². The van der Waals surface area contributed by atoms with E-state index in [1.165, 1.54) is 24.1 Å². The maximum Gasteiger partial charge on any atom is 0.411 e. The number of fused-ring (bicyclic) bond motifs is 1. The first kappa shape index (κ1) is 21.8. The largest absolute Gasteiger partial charge is 0.444 e. The van der Waals surface area contributed by atoms with Gasteiger partial charge in [0.15, 0.2) is 5.54 Å². The van der Waals surface area contributed by atoms with Gasteiger partial charge in [0.1, 0.15) is 5.60 Å². The third-order valence-corrected chi connectivity index (χ3v) is 5.05. The monoisotopic (exact) mass is 418 g/mol. The number of carbonyl (C=O) groups excluding carboxylic acids is 4. The fourth-order valence-electron chi connectivity index (χ4n) is 3.70. The van der Waals surface area contributed by atoms with Gasteiger partial charge in [-0.05, 0) is 52.2 Å². The van der Waals surface area contributed by atoms with Gasteiger partial charge >= 0.3 is 12.1 Å². The van der Waals surface area contributed by atoms with Crippen LogP contribution in [0.5, 0.6) is 0 Å². The minimum Gasteiger partial charge on any atom is -0.444 e. The summed E-state index contributed by atoms with van der Waals surface area (Å²) in [6.45, 7) is 5.28. The van der Waals surface area contributed by atoms with Gasteiger partial charge in [-0.25, -0.2) is 9.59 Å². The highest BCUT2D eigenvalue weighted by molar-refractivity contribution is 6.21. The predicted octanol–water partition coefficient (Wildman–Crippen LogP) is 2.55. The van der Waals surface area contributed by atoms with Crippen LogP contribution in [-0.2, 0) is 19.1 Å². The summed E-state index contributed by atoms with van der Waals surface area (Å²) in [6, 6.07) is 6.21. The number of methoxy groups -OCH3 is 1. The van der Waals surface area contributed by atoms with Crippen molar-refractivity contribution in [2.24, 2.45) is 0 Å². The second kappa shape index (κ2) is 8.06. The SMILES string of the molecule is COCC1(C(=O)ON2C(=O)c3ccccc3C2=O)CCCCN1C(=O)OC(C)(C)C. The van der Waals surface area contributed by atoms with Crippen molar-refractivity contribution in [3.05, 3.63) is 35.4 Å². The molecule has 0 saturated carbocycles. The maximum atomic E-state index is 13.3. The quantitative estimate of drug-likeness (QED) is 0.692. The highest BCUT2D eigenvalue weighted by Crippen LogP contribution is 2.33. The topological polar surface area (TPSA) is 102 Å². The second-order valence-corrected chi connectivity index (χ2v) is 8.38. The van der Waals surface area contributed by atoms with Crippen LogP contribution in [0.4, 0.5) is 4.79 Å². The molecule has 1 fully saturated rings. The van der Waals surface area contributed by atoms with Gasteiger partial charge in [0.05, 0.1) is 17.7 Å². The van der Waals surface area contributed by atoms with Gasteiger partial charge in [0, 0.05) is 13.7 Å². The summed E-state index contributed by atoms with van der Waals surface area (Å²) in [4.78, 5) is 57.9. The van der Waals surface area contributed by atoms with Crippen LogP contribution in [0.1, 0.15) is 60.7 Å². The molecule has 1 atom stereocenters. The van der Waals surface area contributed by atoms with Crippen LogP contribution < -0.4 is 0 Å². The molecule has 3 amide bonds. The molecule has 3 rings (SSSR count). The molecule has 0 aliphatic carbocycles. The molecular weight excluding hydrogens is 392 g/mol. The number of carbonyl (C=O) groups is 4. The van der Waals surface area contributed by atoms with Crippen molar-refractivity contribution in [1.29, 1.82) is 0 Å². The Hall–Kier alpha value is -2.94. The molecule has 1 unspecified atom stereocenters. The number of likely N-dealkylation sites (tertiary alicyclic amines) is 1. The van der Waals surface area contributed by atoms with Crippen molar-refractivity contribution in [3.63, 3.8) is 0 Å². The predicted molar refractivity (Wildman–Crippen MR) is 104 cm³/mol. The van der Waals surface area contributed by atoms with E-state index in [0.29, 0.717) is 17.9 Å². The van der Waals surface area contributed by atoms with E-state index in [9.17, 15) is 19.2 Å². The first-order chi connectivity index (χ1) is 14.1. The number of rotatable bonds is 4. The van der Waals surface area contributed by atoms with E-state index < -0.39 is 35.0 Å². The zero-order valence-corrected chi connectivity index (χ0v) is 17.6. The normalized spacial score (nSPS) is 21.5. The van der Waals surface area contributed by atoms with Gasteiger partial charge in [-0.1, -0.05) is 17.2 Å². The number of amides is 3. The Morgan fingerprint density at radius 3 is 2.20 bits per heavy atom. The molecule has 2 aliphatic heterocycles. The van der Waals surface area contributed by atoms with Crippen molar-refractivity contribution in [2.45, 2.75) is 51.2 Å². The lowest BCUT2D eigenvalue weighted by Gasteiger charge is -2.44. The lowest BCUT2D eigenvalue weighted by molar-refractivity contribution is -0.189. The summed E-state index contributed by atoms with van der Waals surface area (Å²) in [5, 5.41) is 0.451. The van der Waals surface area contributed by atoms with Crippen LogP contribution in [0, 0.1) is 0 Å². The summed E-state index contributed by atoms with van der Waals surface area (Å²) in [7, 11) is 1.40. The Morgan fingerprint density at radius 1 is 1.07 bits per heavy atom. The van der Waals surface area contributed by atoms with Crippen LogP contribution in [0.3, 0.4) is 0 Å². The van der Waals surface area contributed by atoms with Crippen LogP contribution in [0.2, 0.25) is 0 Å². The minimum absolute atomic E-state index is 0.156. The molecule has 162 valence electrons. The Bertz CT molecular complexity index is 837. The van der Waals surface area contributed by atoms with Gasteiger partial charge in [-0.3, -0.25) is 14.5 Å². The zero-order chi connectivity index (χ0) is 22.1. The number of hydrogen-bond donors (Lipinski definition) is 0. The van der Waals surface area contributed by atoms with Crippen molar-refractivity contribution < 1.29 is 33.5 Å². The first-order valence-corrected chi connectivity index (χ1v) is 9.80. The lowest BCUT2D eigenvalue weighted by Crippen LogP contribution is -2.64. The molecule has 9 nitrogen and oxygen atoms in total. The van der Waals surface area contributed by atoms with E-state index in [4.69, 9.17) is 14.3 Å². The molecule has 1 aromatic rings. The third kappa shape index (κ3) is 3.89. The Morgan fingerprint density at radius 2 is 1.67 bits per heavy atom. The molecule has 30 heavy (non-hydrogen) atoms. The number of benzene rings is 1. The number of imide groups is 1. The number of piperidine rings is 1. The minimum atomic E-state index is -1.51. The molecular formula is C21H26N2O7. The Kier molecular flexibility index (Phi) is 5.85. The fraction of sp³-hybridized carbons (Fsp3) is 0.524. The maximum absolute atomic E-state index is 13.3. The molecule has 0 spiro atoms. The number of ether oxygens (including phenoxy) is 2. The van der Waals surface area contributed by atoms with Crippen LogP contribution in [0.25, 0.3) is 0 Å².